The first-order valence-corrected chi connectivity index (χ1v) is 6.34. The quantitative estimate of drug-likeness (QED) is 0.858. The fourth-order valence-electron chi connectivity index (χ4n) is 2.19. The van der Waals surface area contributed by atoms with E-state index in [9.17, 15) is 4.39 Å². The third-order valence-corrected chi connectivity index (χ3v) is 3.55. The van der Waals surface area contributed by atoms with Crippen molar-refractivity contribution in [1.82, 2.24) is 9.78 Å². The first-order valence-electron chi connectivity index (χ1n) is 5.93. The molecule has 0 unspecified atom stereocenters. The van der Waals surface area contributed by atoms with E-state index in [4.69, 9.17) is 18.0 Å². The lowest BCUT2D eigenvalue weighted by Crippen LogP contribution is -2.15. The molecule has 0 fully saturated rings. The number of thiocarbonyl (C=S) groups is 1. The molecule has 0 aliphatic heterocycles. The highest BCUT2D eigenvalue weighted by Gasteiger charge is 2.18. The molecule has 0 spiro atoms. The van der Waals surface area contributed by atoms with Crippen molar-refractivity contribution in [3.05, 3.63) is 40.3 Å². The molecule has 2 rings (SSSR count). The van der Waals surface area contributed by atoms with Crippen LogP contribution in [0.2, 0.25) is 0 Å². The summed E-state index contributed by atoms with van der Waals surface area (Å²) in [6, 6.07) is 3.34. The largest absolute Gasteiger partial charge is 0.388 e. The van der Waals surface area contributed by atoms with Crippen molar-refractivity contribution < 1.29 is 4.39 Å². The second-order valence-corrected chi connectivity index (χ2v) is 5.17. The second kappa shape index (κ2) is 4.74. The zero-order valence-electron chi connectivity index (χ0n) is 11.4. The molecule has 1 aromatic carbocycles. The van der Waals surface area contributed by atoms with Crippen LogP contribution in [0.4, 0.5) is 4.39 Å². The highest BCUT2D eigenvalue weighted by molar-refractivity contribution is 7.80. The monoisotopic (exact) mass is 277 g/mol. The molecule has 3 nitrogen and oxygen atoms in total. The maximum atomic E-state index is 14.1. The van der Waals surface area contributed by atoms with Gasteiger partial charge in [-0.15, -0.1) is 0 Å². The van der Waals surface area contributed by atoms with Crippen molar-refractivity contribution in [2.75, 3.05) is 0 Å². The topological polar surface area (TPSA) is 43.8 Å². The molecule has 0 saturated carbocycles. The number of aryl methyl sites for hydroxylation is 3. The Morgan fingerprint density at radius 3 is 2.37 bits per heavy atom. The zero-order chi connectivity index (χ0) is 14.3. The normalized spacial score (nSPS) is 10.8. The maximum Gasteiger partial charge on any atom is 0.132 e. The van der Waals surface area contributed by atoms with Crippen molar-refractivity contribution in [2.24, 2.45) is 12.8 Å². The summed E-state index contributed by atoms with van der Waals surface area (Å²) in [7, 11) is 1.75. The second-order valence-electron chi connectivity index (χ2n) is 4.73. The smallest absolute Gasteiger partial charge is 0.132 e. The molecule has 1 heterocycles. The fraction of sp³-hybridized carbons (Fsp3) is 0.286. The Morgan fingerprint density at radius 1 is 1.26 bits per heavy atom. The van der Waals surface area contributed by atoms with Gasteiger partial charge in [-0.1, -0.05) is 12.2 Å². The molecule has 0 atom stereocenters. The Labute approximate surface area is 117 Å². The highest BCUT2D eigenvalue weighted by Crippen LogP contribution is 2.28. The van der Waals surface area contributed by atoms with E-state index in [0.717, 1.165) is 16.7 Å². The summed E-state index contributed by atoms with van der Waals surface area (Å²) < 4.78 is 15.7. The number of rotatable bonds is 2. The summed E-state index contributed by atoms with van der Waals surface area (Å²) >= 11 is 5.00. The van der Waals surface area contributed by atoms with Gasteiger partial charge in [0.25, 0.3) is 0 Å². The van der Waals surface area contributed by atoms with Crippen molar-refractivity contribution >= 4 is 17.2 Å². The van der Waals surface area contributed by atoms with E-state index in [1.165, 1.54) is 6.07 Å². The summed E-state index contributed by atoms with van der Waals surface area (Å²) in [6.45, 7) is 5.68. The first-order chi connectivity index (χ1) is 8.82. The van der Waals surface area contributed by atoms with Gasteiger partial charge in [-0.25, -0.2) is 4.39 Å². The molecule has 2 aromatic rings. The van der Waals surface area contributed by atoms with Gasteiger partial charge in [0.15, 0.2) is 0 Å². The molecule has 0 saturated heterocycles. The Kier molecular flexibility index (Phi) is 3.41. The van der Waals surface area contributed by atoms with Gasteiger partial charge in [0.2, 0.25) is 0 Å². The van der Waals surface area contributed by atoms with Gasteiger partial charge in [0.05, 0.1) is 11.4 Å². The third-order valence-electron chi connectivity index (χ3n) is 3.36. The molecule has 1 aromatic heterocycles. The number of nitrogens with zero attached hydrogens (tertiary/aromatic N) is 2. The third kappa shape index (κ3) is 2.26. The molecule has 0 bridgehead atoms. The number of halogens is 1. The van der Waals surface area contributed by atoms with Crippen molar-refractivity contribution in [3.8, 4) is 11.3 Å². The minimum Gasteiger partial charge on any atom is -0.388 e. The van der Waals surface area contributed by atoms with Crippen LogP contribution >= 0.6 is 12.2 Å². The lowest BCUT2D eigenvalue weighted by molar-refractivity contribution is 0.628. The van der Waals surface area contributed by atoms with E-state index < -0.39 is 0 Å². The van der Waals surface area contributed by atoms with Crippen LogP contribution in [0.1, 0.15) is 22.4 Å². The molecular weight excluding hydrogens is 261 g/mol. The van der Waals surface area contributed by atoms with Crippen LogP contribution < -0.4 is 5.73 Å². The summed E-state index contributed by atoms with van der Waals surface area (Å²) in [5.41, 5.74) is 10.2. The Morgan fingerprint density at radius 2 is 1.84 bits per heavy atom. The number of nitrogens with two attached hydrogens (primary N) is 1. The van der Waals surface area contributed by atoms with Gasteiger partial charge >= 0.3 is 0 Å². The van der Waals surface area contributed by atoms with Gasteiger partial charge in [0, 0.05) is 18.2 Å². The van der Waals surface area contributed by atoms with Crippen molar-refractivity contribution in [2.45, 2.75) is 20.8 Å². The average Bonchev–Trinajstić information content (AvgIpc) is 2.59. The molecule has 100 valence electrons. The number of benzene rings is 1. The predicted octanol–water partition coefficient (Wildman–Crippen LogP) is 2.79. The van der Waals surface area contributed by atoms with Crippen LogP contribution in [0.15, 0.2) is 12.1 Å². The highest BCUT2D eigenvalue weighted by atomic mass is 32.1. The molecule has 19 heavy (non-hydrogen) atoms. The molecular formula is C14H16FN3S. The average molecular weight is 277 g/mol. The molecule has 0 aliphatic rings. The summed E-state index contributed by atoms with van der Waals surface area (Å²) in [4.78, 5) is 0.267. The number of hydrogen-bond acceptors (Lipinski definition) is 2. The van der Waals surface area contributed by atoms with Crippen LogP contribution in [0.25, 0.3) is 11.3 Å². The van der Waals surface area contributed by atoms with Crippen molar-refractivity contribution in [3.63, 3.8) is 0 Å². The van der Waals surface area contributed by atoms with E-state index >= 15 is 0 Å². The van der Waals surface area contributed by atoms with E-state index in [1.807, 2.05) is 26.8 Å². The molecule has 0 radical (unpaired) electrons. The van der Waals surface area contributed by atoms with Crippen LogP contribution in [-0.2, 0) is 7.05 Å². The maximum absolute atomic E-state index is 14.1. The van der Waals surface area contributed by atoms with E-state index in [1.54, 1.807) is 11.7 Å². The Hall–Kier alpha value is -1.75. The van der Waals surface area contributed by atoms with E-state index in [0.29, 0.717) is 17.0 Å². The van der Waals surface area contributed by atoms with Gasteiger partial charge in [-0.05, 0) is 44.0 Å². The molecule has 0 amide bonds. The summed E-state index contributed by atoms with van der Waals surface area (Å²) in [5, 5.41) is 4.34. The lowest BCUT2D eigenvalue weighted by Gasteiger charge is -2.06. The van der Waals surface area contributed by atoms with Crippen LogP contribution in [0.5, 0.6) is 0 Å². The van der Waals surface area contributed by atoms with Gasteiger partial charge in [0.1, 0.15) is 10.8 Å². The van der Waals surface area contributed by atoms with Crippen LogP contribution in [0, 0.1) is 26.6 Å². The Bertz CT molecular complexity index is 674. The van der Waals surface area contributed by atoms with Gasteiger partial charge in [-0.3, -0.25) is 4.68 Å². The standard InChI is InChI=1S/C14H16FN3S/c1-7-5-10(11(15)6-8(7)2)12-9(3)13(14(16)19)18(4)17-12/h5-6H,1-4H3,(H2,16,19). The minimum atomic E-state index is -0.279. The van der Waals surface area contributed by atoms with Crippen LogP contribution in [0.3, 0.4) is 0 Å². The Balaban J connectivity index is 2.70. The van der Waals surface area contributed by atoms with Gasteiger partial charge < -0.3 is 5.73 Å². The van der Waals surface area contributed by atoms with Crippen LogP contribution in [-0.4, -0.2) is 14.8 Å². The number of aromatic nitrogens is 2. The fourth-order valence-corrected chi connectivity index (χ4v) is 2.48. The minimum absolute atomic E-state index is 0.267. The SMILES string of the molecule is Cc1cc(F)c(-c2nn(C)c(C(N)=S)c2C)cc1C. The molecule has 2 N–H and O–H groups in total. The molecule has 5 heteroatoms. The lowest BCUT2D eigenvalue weighted by atomic mass is 10.0. The predicted molar refractivity (Wildman–Crippen MR) is 78.7 cm³/mol. The summed E-state index contributed by atoms with van der Waals surface area (Å²) in [6.07, 6.45) is 0. The first kappa shape index (κ1) is 13.7. The number of hydrogen-bond donors (Lipinski definition) is 1. The van der Waals surface area contributed by atoms with E-state index in [-0.39, 0.29) is 10.8 Å². The summed E-state index contributed by atoms with van der Waals surface area (Å²) in [5.74, 6) is -0.279. The van der Waals surface area contributed by atoms with Crippen molar-refractivity contribution in [1.29, 1.82) is 0 Å². The zero-order valence-corrected chi connectivity index (χ0v) is 12.2. The van der Waals surface area contributed by atoms with E-state index in [2.05, 4.69) is 5.10 Å². The molecule has 0 aliphatic carbocycles. The van der Waals surface area contributed by atoms with Gasteiger partial charge in [-0.2, -0.15) is 5.10 Å².